The van der Waals surface area contributed by atoms with Gasteiger partial charge in [0.1, 0.15) is 5.75 Å². The Morgan fingerprint density at radius 2 is 2.00 bits per heavy atom. The van der Waals surface area contributed by atoms with Crippen molar-refractivity contribution in [2.24, 2.45) is 0 Å². The Balaban J connectivity index is 3.28. The van der Waals surface area contributed by atoms with Crippen LogP contribution in [0.1, 0.15) is 36.5 Å². The second kappa shape index (κ2) is 6.28. The van der Waals surface area contributed by atoms with E-state index in [1.54, 1.807) is 7.11 Å². The summed E-state index contributed by atoms with van der Waals surface area (Å²) in [6.45, 7) is 14.2. The molecule has 0 N–H and O–H groups in total. The van der Waals surface area contributed by atoms with Crippen LogP contribution in [0.2, 0.25) is 0 Å². The zero-order valence-corrected chi connectivity index (χ0v) is 11.9. The van der Waals surface area contributed by atoms with Crippen molar-refractivity contribution >= 4 is 5.57 Å². The highest BCUT2D eigenvalue weighted by Gasteiger charge is 2.10. The van der Waals surface area contributed by atoms with E-state index in [1.165, 1.54) is 11.1 Å². The van der Waals surface area contributed by atoms with E-state index in [4.69, 9.17) is 4.74 Å². The van der Waals surface area contributed by atoms with E-state index >= 15 is 0 Å². The summed E-state index contributed by atoms with van der Waals surface area (Å²) in [6, 6.07) is 4.18. The Morgan fingerprint density at radius 1 is 1.33 bits per heavy atom. The second-order valence-corrected chi connectivity index (χ2v) is 4.53. The van der Waals surface area contributed by atoms with Gasteiger partial charge in [0.15, 0.2) is 0 Å². The third kappa shape index (κ3) is 2.94. The molecule has 1 nitrogen and oxygen atoms in total. The Morgan fingerprint density at radius 3 is 2.50 bits per heavy atom. The molecule has 0 amide bonds. The second-order valence-electron chi connectivity index (χ2n) is 4.53. The van der Waals surface area contributed by atoms with Gasteiger partial charge in [-0.1, -0.05) is 32.6 Å². The summed E-state index contributed by atoms with van der Waals surface area (Å²) in [5.74, 6) is 0.905. The number of benzene rings is 1. The summed E-state index contributed by atoms with van der Waals surface area (Å²) >= 11 is 0. The molecule has 1 rings (SSSR count). The third-order valence-corrected chi connectivity index (χ3v) is 3.21. The van der Waals surface area contributed by atoms with E-state index in [2.05, 4.69) is 45.7 Å². The fraction of sp³-hybridized carbons (Fsp3) is 0.353. The van der Waals surface area contributed by atoms with Crippen LogP contribution in [0.5, 0.6) is 5.75 Å². The van der Waals surface area contributed by atoms with Crippen LogP contribution in [-0.2, 0) is 0 Å². The maximum atomic E-state index is 5.41. The van der Waals surface area contributed by atoms with Gasteiger partial charge in [-0.3, -0.25) is 0 Å². The minimum absolute atomic E-state index is 0.905. The van der Waals surface area contributed by atoms with Gasteiger partial charge in [-0.2, -0.15) is 0 Å². The highest BCUT2D eigenvalue weighted by atomic mass is 16.5. The molecule has 0 aliphatic heterocycles. The molecule has 1 heteroatoms. The highest BCUT2D eigenvalue weighted by molar-refractivity contribution is 5.79. The lowest BCUT2D eigenvalue weighted by molar-refractivity contribution is 0.411. The van der Waals surface area contributed by atoms with Gasteiger partial charge in [-0.05, 0) is 48.6 Å². The molecule has 0 unspecified atom stereocenters. The Bertz CT molecular complexity index is 503. The van der Waals surface area contributed by atoms with Gasteiger partial charge in [-0.15, -0.1) is 5.73 Å². The van der Waals surface area contributed by atoms with Crippen LogP contribution in [0.15, 0.2) is 36.6 Å². The van der Waals surface area contributed by atoms with Crippen molar-refractivity contribution in [1.29, 1.82) is 0 Å². The molecule has 18 heavy (non-hydrogen) atoms. The quantitative estimate of drug-likeness (QED) is 0.530. The van der Waals surface area contributed by atoms with E-state index in [0.29, 0.717) is 0 Å². The fourth-order valence-corrected chi connectivity index (χ4v) is 2.04. The lowest BCUT2D eigenvalue weighted by Gasteiger charge is -2.13. The van der Waals surface area contributed by atoms with Gasteiger partial charge < -0.3 is 4.74 Å². The van der Waals surface area contributed by atoms with Gasteiger partial charge in [0.25, 0.3) is 0 Å². The summed E-state index contributed by atoms with van der Waals surface area (Å²) in [4.78, 5) is 0. The van der Waals surface area contributed by atoms with Crippen molar-refractivity contribution in [3.63, 3.8) is 0 Å². The van der Waals surface area contributed by atoms with Crippen molar-refractivity contribution in [2.45, 2.75) is 33.6 Å². The van der Waals surface area contributed by atoms with Crippen LogP contribution in [0, 0.1) is 13.8 Å². The van der Waals surface area contributed by atoms with E-state index in [9.17, 15) is 0 Å². The van der Waals surface area contributed by atoms with E-state index in [0.717, 1.165) is 35.3 Å². The number of hydrogen-bond acceptors (Lipinski definition) is 1. The molecule has 0 spiro atoms. The molecule has 0 fully saturated rings. The monoisotopic (exact) mass is 242 g/mol. The maximum Gasteiger partial charge on any atom is 0.122 e. The first-order valence-electron chi connectivity index (χ1n) is 6.28. The summed E-state index contributed by atoms with van der Waals surface area (Å²) < 4.78 is 5.41. The Labute approximate surface area is 110 Å². The van der Waals surface area contributed by atoms with Gasteiger partial charge in [-0.25, -0.2) is 0 Å². The normalized spacial score (nSPS) is 9.78. The van der Waals surface area contributed by atoms with Crippen molar-refractivity contribution in [1.82, 2.24) is 0 Å². The molecule has 0 aliphatic rings. The standard InChI is InChI=1S/C17H22O/c1-7-9-12(3)16(8-2)15-10-13(4)14(5)17(11-15)18-6/h10-11H,2-3,7,9H2,1,4-6H3. The minimum Gasteiger partial charge on any atom is -0.496 e. The first-order chi connectivity index (χ1) is 8.54. The van der Waals surface area contributed by atoms with E-state index < -0.39 is 0 Å². The molecule has 0 aromatic heterocycles. The number of hydrogen-bond donors (Lipinski definition) is 0. The summed E-state index contributed by atoms with van der Waals surface area (Å²) in [6.07, 6.45) is 2.04. The van der Waals surface area contributed by atoms with Crippen LogP contribution < -0.4 is 4.74 Å². The molecule has 96 valence electrons. The number of ether oxygens (including phenoxy) is 1. The lowest BCUT2D eigenvalue weighted by Crippen LogP contribution is -1.95. The van der Waals surface area contributed by atoms with Crippen molar-refractivity contribution < 1.29 is 4.74 Å². The van der Waals surface area contributed by atoms with Crippen LogP contribution in [0.4, 0.5) is 0 Å². The van der Waals surface area contributed by atoms with Crippen LogP contribution >= 0.6 is 0 Å². The molecule has 0 bridgehead atoms. The lowest BCUT2D eigenvalue weighted by atomic mass is 9.94. The van der Waals surface area contributed by atoms with Crippen molar-refractivity contribution in [3.8, 4) is 5.75 Å². The largest absolute Gasteiger partial charge is 0.496 e. The van der Waals surface area contributed by atoms with Gasteiger partial charge in [0.05, 0.1) is 7.11 Å². The minimum atomic E-state index is 0.905. The molecule has 0 saturated heterocycles. The topological polar surface area (TPSA) is 9.23 Å². The Kier molecular flexibility index (Phi) is 5.00. The first-order valence-corrected chi connectivity index (χ1v) is 6.28. The predicted octanol–water partition coefficient (Wildman–Crippen LogP) is 4.84. The zero-order chi connectivity index (χ0) is 13.7. The molecule has 0 atom stereocenters. The van der Waals surface area contributed by atoms with Gasteiger partial charge in [0.2, 0.25) is 0 Å². The third-order valence-electron chi connectivity index (χ3n) is 3.21. The molecule has 0 saturated carbocycles. The highest BCUT2D eigenvalue weighted by Crippen LogP contribution is 2.30. The van der Waals surface area contributed by atoms with Crippen LogP contribution in [0.25, 0.3) is 5.57 Å². The predicted molar refractivity (Wildman–Crippen MR) is 79.1 cm³/mol. The molecule has 1 aromatic rings. The molecular formula is C17H22O. The van der Waals surface area contributed by atoms with Crippen molar-refractivity contribution in [3.05, 3.63) is 53.3 Å². The maximum absolute atomic E-state index is 5.41. The first kappa shape index (κ1) is 14.3. The fourth-order valence-electron chi connectivity index (χ4n) is 2.04. The number of rotatable bonds is 5. The number of methoxy groups -OCH3 is 1. The van der Waals surface area contributed by atoms with Gasteiger partial charge >= 0.3 is 0 Å². The molecule has 0 aliphatic carbocycles. The van der Waals surface area contributed by atoms with E-state index in [-0.39, 0.29) is 0 Å². The SMILES string of the molecule is C=C=C(C(=C)CCC)c1cc(C)c(C)c(OC)c1. The average molecular weight is 242 g/mol. The summed E-state index contributed by atoms with van der Waals surface area (Å²) in [7, 11) is 1.70. The molecule has 0 radical (unpaired) electrons. The van der Waals surface area contributed by atoms with E-state index in [1.807, 2.05) is 6.07 Å². The van der Waals surface area contributed by atoms with Crippen LogP contribution in [0.3, 0.4) is 0 Å². The Hall–Kier alpha value is -1.72. The number of allylic oxidation sites excluding steroid dienone is 2. The molecular weight excluding hydrogens is 220 g/mol. The average Bonchev–Trinajstić information content (AvgIpc) is 2.34. The van der Waals surface area contributed by atoms with Gasteiger partial charge in [0, 0.05) is 5.57 Å². The van der Waals surface area contributed by atoms with Crippen LogP contribution in [-0.4, -0.2) is 7.11 Å². The molecule has 1 aromatic carbocycles. The number of aryl methyl sites for hydroxylation is 1. The summed E-state index contributed by atoms with van der Waals surface area (Å²) in [5.41, 5.74) is 8.56. The molecule has 0 heterocycles. The van der Waals surface area contributed by atoms with Crippen molar-refractivity contribution in [2.75, 3.05) is 7.11 Å². The summed E-state index contributed by atoms with van der Waals surface area (Å²) in [5, 5.41) is 0. The smallest absolute Gasteiger partial charge is 0.122 e. The zero-order valence-electron chi connectivity index (χ0n) is 11.9.